The van der Waals surface area contributed by atoms with Gasteiger partial charge in [-0.15, -0.1) is 0 Å². The minimum absolute atomic E-state index is 0.0143. The highest BCUT2D eigenvalue weighted by Gasteiger charge is 2.31. The molecule has 1 aliphatic carbocycles. The molecular formula is C36H41Cl2F2N2O9+. The fourth-order valence-corrected chi connectivity index (χ4v) is 5.32. The van der Waals surface area contributed by atoms with E-state index in [4.69, 9.17) is 46.9 Å². The highest BCUT2D eigenvalue weighted by Crippen LogP contribution is 2.38. The molecule has 2 N–H and O–H groups in total. The molecule has 3 aromatic rings. The smallest absolute Gasteiger partial charge is 0.408 e. The molecule has 0 radical (unpaired) electrons. The normalized spacial score (nSPS) is 14.0. The van der Waals surface area contributed by atoms with Crippen molar-refractivity contribution < 1.29 is 56.6 Å². The standard InChI is InChI=1S/C36H40Cl2F2N2O9/c1-19(2)31(42-35(45)51-36(3,4)5)33(44)49-30-14-22(10-11-26(30)46-6)32(43)48-28(15-23-24(37)16-41-17-25(23)38)21-9-12-27(50-34(39)40)29(13-21)47-18-20-7-8-20/h9-14,16-17,19-20,28,31,34H,7-8,15,18H2,1-6H3,(H,42,45)/p+1/t28-,31-/m0/s1. The van der Waals surface area contributed by atoms with E-state index in [2.05, 4.69) is 15.0 Å². The lowest BCUT2D eigenvalue weighted by atomic mass is 10.0. The predicted molar refractivity (Wildman–Crippen MR) is 183 cm³/mol. The number of alkyl carbamates (subject to hydrolysis) is 1. The number of rotatable bonds is 15. The Labute approximate surface area is 304 Å². The zero-order valence-electron chi connectivity index (χ0n) is 29.0. The summed E-state index contributed by atoms with van der Waals surface area (Å²) >= 11 is 12.9. The van der Waals surface area contributed by atoms with Gasteiger partial charge in [-0.1, -0.05) is 43.1 Å². The summed E-state index contributed by atoms with van der Waals surface area (Å²) in [4.78, 5) is 42.3. The van der Waals surface area contributed by atoms with Crippen molar-refractivity contribution in [2.24, 2.45) is 11.8 Å². The Hall–Kier alpha value is -4.36. The van der Waals surface area contributed by atoms with Crippen LogP contribution in [0.1, 0.15) is 75.0 Å². The number of carbonyl (C=O) groups is 3. The fraction of sp³-hybridized carbons (Fsp3) is 0.444. The maximum absolute atomic E-state index is 13.8. The van der Waals surface area contributed by atoms with Gasteiger partial charge in [0, 0.05) is 12.0 Å². The number of H-pyrrole nitrogens is 1. The van der Waals surface area contributed by atoms with Crippen LogP contribution in [0.3, 0.4) is 0 Å². The first-order valence-corrected chi connectivity index (χ1v) is 17.0. The Morgan fingerprint density at radius 3 is 2.22 bits per heavy atom. The Morgan fingerprint density at radius 1 is 0.961 bits per heavy atom. The molecule has 11 nitrogen and oxygen atoms in total. The van der Waals surface area contributed by atoms with E-state index in [1.165, 1.54) is 55.9 Å². The van der Waals surface area contributed by atoms with Gasteiger partial charge < -0.3 is 33.7 Å². The van der Waals surface area contributed by atoms with Gasteiger partial charge in [-0.3, -0.25) is 0 Å². The molecule has 1 saturated carbocycles. The Morgan fingerprint density at radius 2 is 1.63 bits per heavy atom. The lowest BCUT2D eigenvalue weighted by Crippen LogP contribution is -2.48. The van der Waals surface area contributed by atoms with Gasteiger partial charge in [0.05, 0.1) is 19.3 Å². The Bertz CT molecular complexity index is 1690. The minimum Gasteiger partial charge on any atom is -0.493 e. The molecule has 1 heterocycles. The molecule has 0 unspecified atom stereocenters. The zero-order valence-corrected chi connectivity index (χ0v) is 30.5. The van der Waals surface area contributed by atoms with Gasteiger partial charge in [-0.05, 0) is 81.3 Å². The number of aromatic nitrogens is 1. The fourth-order valence-electron chi connectivity index (χ4n) is 4.79. The van der Waals surface area contributed by atoms with Crippen LogP contribution in [-0.2, 0) is 20.7 Å². The molecule has 0 saturated heterocycles. The third-order valence-corrected chi connectivity index (χ3v) is 8.24. The highest BCUT2D eigenvalue weighted by atomic mass is 35.5. The SMILES string of the molecule is COc1ccc(C(=O)O[C@@H](Cc2c(Cl)c[nH+]cc2Cl)c2ccc(OC(F)F)c(OCC3CC3)c2)cc1OC(=O)[C@@H](NC(=O)OC(C)(C)C)C(C)C. The first-order chi connectivity index (χ1) is 24.0. The quantitative estimate of drug-likeness (QED) is 0.122. The number of hydrogen-bond donors (Lipinski definition) is 1. The van der Waals surface area contributed by atoms with Crippen LogP contribution >= 0.6 is 23.2 Å². The van der Waals surface area contributed by atoms with Gasteiger partial charge in [-0.2, -0.15) is 8.78 Å². The minimum atomic E-state index is -3.09. The lowest BCUT2D eigenvalue weighted by molar-refractivity contribution is -0.377. The Kier molecular flexibility index (Phi) is 13.3. The molecule has 276 valence electrons. The van der Waals surface area contributed by atoms with Crippen molar-refractivity contribution in [3.8, 4) is 23.0 Å². The van der Waals surface area contributed by atoms with Crippen LogP contribution in [0.2, 0.25) is 10.0 Å². The topological polar surface area (TPSA) is 133 Å². The Balaban J connectivity index is 1.64. The molecule has 4 rings (SSSR count). The van der Waals surface area contributed by atoms with E-state index in [0.717, 1.165) is 12.8 Å². The number of pyridine rings is 1. The lowest BCUT2D eigenvalue weighted by Gasteiger charge is -2.25. The first-order valence-electron chi connectivity index (χ1n) is 16.2. The van der Waals surface area contributed by atoms with Crippen molar-refractivity contribution in [3.05, 3.63) is 75.5 Å². The van der Waals surface area contributed by atoms with E-state index in [-0.39, 0.29) is 45.0 Å². The summed E-state index contributed by atoms with van der Waals surface area (Å²) in [6.07, 6.45) is 3.07. The number of hydrogen-bond acceptors (Lipinski definition) is 9. The van der Waals surface area contributed by atoms with Crippen LogP contribution in [0, 0.1) is 11.8 Å². The number of ether oxygens (including phenoxy) is 6. The molecule has 2 aromatic carbocycles. The van der Waals surface area contributed by atoms with Crippen molar-refractivity contribution in [2.75, 3.05) is 13.7 Å². The molecule has 1 amide bonds. The molecule has 1 aliphatic rings. The monoisotopic (exact) mass is 753 g/mol. The molecule has 51 heavy (non-hydrogen) atoms. The van der Waals surface area contributed by atoms with Crippen molar-refractivity contribution >= 4 is 41.2 Å². The third-order valence-electron chi connectivity index (χ3n) is 7.57. The average Bonchev–Trinajstić information content (AvgIpc) is 3.88. The van der Waals surface area contributed by atoms with Crippen molar-refractivity contribution in [1.82, 2.24) is 5.32 Å². The van der Waals surface area contributed by atoms with Crippen LogP contribution < -0.4 is 29.2 Å². The van der Waals surface area contributed by atoms with Crippen LogP contribution in [-0.4, -0.2) is 50.0 Å². The summed E-state index contributed by atoms with van der Waals surface area (Å²) in [6.45, 7) is 5.71. The van der Waals surface area contributed by atoms with Gasteiger partial charge in [0.2, 0.25) is 0 Å². The van der Waals surface area contributed by atoms with Crippen molar-refractivity contribution in [1.29, 1.82) is 0 Å². The maximum Gasteiger partial charge on any atom is 0.408 e. The molecule has 0 bridgehead atoms. The molecule has 0 aliphatic heterocycles. The predicted octanol–water partition coefficient (Wildman–Crippen LogP) is 7.80. The average molecular weight is 755 g/mol. The molecule has 15 heteroatoms. The van der Waals surface area contributed by atoms with Crippen molar-refractivity contribution in [2.45, 2.75) is 78.2 Å². The van der Waals surface area contributed by atoms with E-state index >= 15 is 0 Å². The first kappa shape index (κ1) is 39.4. The highest BCUT2D eigenvalue weighted by molar-refractivity contribution is 6.35. The van der Waals surface area contributed by atoms with Crippen LogP contribution in [0.25, 0.3) is 0 Å². The second kappa shape index (κ2) is 17.2. The van der Waals surface area contributed by atoms with E-state index in [1.54, 1.807) is 34.6 Å². The number of amides is 1. The van der Waals surface area contributed by atoms with Crippen LogP contribution in [0.15, 0.2) is 48.8 Å². The van der Waals surface area contributed by atoms with Gasteiger partial charge in [0.1, 0.15) is 27.8 Å². The van der Waals surface area contributed by atoms with Crippen molar-refractivity contribution in [3.63, 3.8) is 0 Å². The molecule has 2 atom stereocenters. The summed E-state index contributed by atoms with van der Waals surface area (Å²) in [5, 5.41) is 3.07. The van der Waals surface area contributed by atoms with E-state index in [9.17, 15) is 23.2 Å². The number of methoxy groups -OCH3 is 1. The summed E-state index contributed by atoms with van der Waals surface area (Å²) in [5.74, 6) is -1.86. The van der Waals surface area contributed by atoms with Gasteiger partial charge >= 0.3 is 24.6 Å². The number of esters is 2. The van der Waals surface area contributed by atoms with Gasteiger partial charge in [0.25, 0.3) is 0 Å². The van der Waals surface area contributed by atoms with E-state index in [1.807, 2.05) is 0 Å². The largest absolute Gasteiger partial charge is 0.493 e. The van der Waals surface area contributed by atoms with Gasteiger partial charge in [-0.25, -0.2) is 19.4 Å². The molecule has 1 fully saturated rings. The van der Waals surface area contributed by atoms with Gasteiger partial charge in [0.15, 0.2) is 35.4 Å². The number of alkyl halides is 2. The molecular weight excluding hydrogens is 713 g/mol. The summed E-state index contributed by atoms with van der Waals surface area (Å²) in [5.41, 5.74) is 0.00765. The summed E-state index contributed by atoms with van der Waals surface area (Å²) in [6, 6.07) is 7.25. The maximum atomic E-state index is 13.8. The molecule has 0 spiro atoms. The number of carbonyl (C=O) groups excluding carboxylic acids is 3. The van der Waals surface area contributed by atoms with Crippen LogP contribution in [0.5, 0.6) is 23.0 Å². The number of aromatic amines is 1. The summed E-state index contributed by atoms with van der Waals surface area (Å²) in [7, 11) is 1.36. The summed E-state index contributed by atoms with van der Waals surface area (Å²) < 4.78 is 59.3. The van der Waals surface area contributed by atoms with E-state index < -0.39 is 48.3 Å². The second-order valence-corrected chi connectivity index (χ2v) is 14.0. The zero-order chi connectivity index (χ0) is 37.5. The molecule has 1 aromatic heterocycles. The van der Waals surface area contributed by atoms with E-state index in [0.29, 0.717) is 23.7 Å². The number of nitrogens with one attached hydrogen (secondary N) is 2. The van der Waals surface area contributed by atoms with Crippen LogP contribution in [0.4, 0.5) is 13.6 Å². The third kappa shape index (κ3) is 11.6. The number of benzene rings is 2. The number of halogens is 4. The second-order valence-electron chi connectivity index (χ2n) is 13.2.